The van der Waals surface area contributed by atoms with E-state index >= 15 is 0 Å². The topological polar surface area (TPSA) is 21.6 Å². The molecular formula is C11H19NO. The largest absolute Gasteiger partial charge is 0.377 e. The van der Waals surface area contributed by atoms with Crippen molar-refractivity contribution in [1.29, 1.82) is 0 Å². The number of allylic oxidation sites excluding steroid dienone is 1. The van der Waals surface area contributed by atoms with Crippen LogP contribution in [0.2, 0.25) is 0 Å². The maximum Gasteiger partial charge on any atom is 0.0677 e. The van der Waals surface area contributed by atoms with Gasteiger partial charge in [-0.25, -0.2) is 0 Å². The molecule has 1 unspecified atom stereocenters. The molecule has 0 aromatic carbocycles. The van der Waals surface area contributed by atoms with Crippen LogP contribution in [0.4, 0.5) is 0 Å². The van der Waals surface area contributed by atoms with Gasteiger partial charge < -0.3 is 4.74 Å². The van der Waals surface area contributed by atoms with Crippen LogP contribution in [0.3, 0.4) is 0 Å². The van der Waals surface area contributed by atoms with E-state index in [1.165, 1.54) is 5.57 Å². The fraction of sp³-hybridized carbons (Fsp3) is 0.727. The second kappa shape index (κ2) is 5.92. The molecule has 74 valence electrons. The molecule has 1 atom stereocenters. The highest BCUT2D eigenvalue weighted by Gasteiger charge is 2.03. The number of nitrogens with zero attached hydrogens (tertiary/aromatic N) is 1. The van der Waals surface area contributed by atoms with Crippen LogP contribution < -0.4 is 0 Å². The number of hydrogen-bond donors (Lipinski definition) is 0. The van der Waals surface area contributed by atoms with Crippen molar-refractivity contribution in [2.24, 2.45) is 4.99 Å². The molecule has 2 nitrogen and oxygen atoms in total. The van der Waals surface area contributed by atoms with Gasteiger partial charge in [0.2, 0.25) is 0 Å². The fourth-order valence-electron chi connectivity index (χ4n) is 1.38. The van der Waals surface area contributed by atoms with Crippen molar-refractivity contribution in [1.82, 2.24) is 0 Å². The van der Waals surface area contributed by atoms with Gasteiger partial charge in [0.25, 0.3) is 0 Å². The molecular weight excluding hydrogens is 162 g/mol. The van der Waals surface area contributed by atoms with E-state index in [1.807, 2.05) is 12.3 Å². The van der Waals surface area contributed by atoms with Gasteiger partial charge in [0.1, 0.15) is 0 Å². The van der Waals surface area contributed by atoms with Crippen molar-refractivity contribution >= 4 is 6.21 Å². The Balaban J connectivity index is 2.53. The molecule has 0 aromatic rings. The van der Waals surface area contributed by atoms with Gasteiger partial charge in [0.05, 0.1) is 6.61 Å². The van der Waals surface area contributed by atoms with Crippen molar-refractivity contribution in [3.63, 3.8) is 0 Å². The Morgan fingerprint density at radius 1 is 1.62 bits per heavy atom. The van der Waals surface area contributed by atoms with E-state index in [9.17, 15) is 0 Å². The van der Waals surface area contributed by atoms with Gasteiger partial charge in [-0.3, -0.25) is 4.99 Å². The van der Waals surface area contributed by atoms with Crippen LogP contribution in [-0.4, -0.2) is 25.5 Å². The first-order valence-corrected chi connectivity index (χ1v) is 5.09. The molecule has 0 spiro atoms. The molecule has 0 bridgehead atoms. The van der Waals surface area contributed by atoms with E-state index < -0.39 is 0 Å². The summed E-state index contributed by atoms with van der Waals surface area (Å²) >= 11 is 0. The van der Waals surface area contributed by atoms with Gasteiger partial charge in [-0.1, -0.05) is 6.92 Å². The van der Waals surface area contributed by atoms with Crippen molar-refractivity contribution in [3.05, 3.63) is 11.6 Å². The lowest BCUT2D eigenvalue weighted by molar-refractivity contribution is 0.150. The van der Waals surface area contributed by atoms with E-state index in [-0.39, 0.29) is 0 Å². The van der Waals surface area contributed by atoms with E-state index in [0.717, 1.165) is 32.5 Å². The Hall–Kier alpha value is -0.630. The molecule has 1 rings (SSSR count). The van der Waals surface area contributed by atoms with Crippen molar-refractivity contribution in [2.75, 3.05) is 13.2 Å². The summed E-state index contributed by atoms with van der Waals surface area (Å²) in [6.07, 6.45) is 7.39. The summed E-state index contributed by atoms with van der Waals surface area (Å²) in [4.78, 5) is 4.50. The second-order valence-corrected chi connectivity index (χ2v) is 3.57. The van der Waals surface area contributed by atoms with Crippen molar-refractivity contribution in [2.45, 2.75) is 39.2 Å². The second-order valence-electron chi connectivity index (χ2n) is 3.57. The molecule has 1 heterocycles. The van der Waals surface area contributed by atoms with Gasteiger partial charge in [-0.15, -0.1) is 0 Å². The minimum atomic E-state index is 0.491. The molecule has 13 heavy (non-hydrogen) atoms. The summed E-state index contributed by atoms with van der Waals surface area (Å²) in [6.45, 7) is 5.89. The molecule has 0 amide bonds. The van der Waals surface area contributed by atoms with E-state index in [2.05, 4.69) is 18.8 Å². The van der Waals surface area contributed by atoms with Crippen molar-refractivity contribution < 1.29 is 4.74 Å². The zero-order valence-corrected chi connectivity index (χ0v) is 8.62. The molecule has 2 heteroatoms. The minimum Gasteiger partial charge on any atom is -0.377 e. The lowest BCUT2D eigenvalue weighted by atomic mass is 10.1. The Morgan fingerprint density at radius 2 is 2.46 bits per heavy atom. The Bertz CT molecular complexity index is 196. The van der Waals surface area contributed by atoms with Gasteiger partial charge in [0, 0.05) is 18.9 Å². The Labute approximate surface area is 80.7 Å². The third kappa shape index (κ3) is 4.23. The summed E-state index contributed by atoms with van der Waals surface area (Å²) < 4.78 is 5.49. The van der Waals surface area contributed by atoms with Crippen molar-refractivity contribution in [3.8, 4) is 0 Å². The molecule has 0 saturated carbocycles. The lowest BCUT2D eigenvalue weighted by Crippen LogP contribution is -2.07. The highest BCUT2D eigenvalue weighted by molar-refractivity contribution is 5.72. The normalized spacial score (nSPS) is 31.8. The smallest absolute Gasteiger partial charge is 0.0677 e. The Morgan fingerprint density at radius 3 is 3.23 bits per heavy atom. The summed E-state index contributed by atoms with van der Waals surface area (Å²) in [7, 11) is 0. The van der Waals surface area contributed by atoms with Crippen LogP contribution in [0.25, 0.3) is 0 Å². The highest BCUT2D eigenvalue weighted by atomic mass is 16.5. The maximum atomic E-state index is 5.49. The molecule has 0 fully saturated rings. The van der Waals surface area contributed by atoms with Gasteiger partial charge in [0.15, 0.2) is 0 Å². The molecule has 0 N–H and O–H groups in total. The zero-order valence-electron chi connectivity index (χ0n) is 8.62. The molecule has 0 aliphatic carbocycles. The first-order valence-electron chi connectivity index (χ1n) is 5.09. The number of aliphatic imine (C=N–C) groups is 1. The first-order chi connectivity index (χ1) is 6.33. The number of rotatable bonds is 1. The van der Waals surface area contributed by atoms with Gasteiger partial charge in [-0.2, -0.15) is 0 Å². The third-order valence-corrected chi connectivity index (χ3v) is 2.28. The molecule has 1 aliphatic heterocycles. The first kappa shape index (κ1) is 10.5. The minimum absolute atomic E-state index is 0.491. The zero-order chi connectivity index (χ0) is 9.52. The van der Waals surface area contributed by atoms with Crippen LogP contribution in [0.15, 0.2) is 16.6 Å². The van der Waals surface area contributed by atoms with Crippen LogP contribution >= 0.6 is 0 Å². The average molecular weight is 181 g/mol. The SMILES string of the molecule is CCC1CCCOC/C(C)=C/C=N\1. The fourth-order valence-corrected chi connectivity index (χ4v) is 1.38. The molecule has 0 saturated heterocycles. The monoisotopic (exact) mass is 181 g/mol. The molecule has 0 radical (unpaired) electrons. The van der Waals surface area contributed by atoms with Crippen LogP contribution in [0.5, 0.6) is 0 Å². The van der Waals surface area contributed by atoms with Gasteiger partial charge >= 0.3 is 0 Å². The van der Waals surface area contributed by atoms with E-state index in [0.29, 0.717) is 6.04 Å². The lowest BCUT2D eigenvalue weighted by Gasteiger charge is -2.11. The van der Waals surface area contributed by atoms with E-state index in [1.54, 1.807) is 0 Å². The maximum absolute atomic E-state index is 5.49. The predicted octanol–water partition coefficient (Wildman–Crippen LogP) is 2.59. The standard InChI is InChI=1S/C11H19NO/c1-3-11-5-4-8-13-9-10(2)6-7-12-11/h6-7,11H,3-5,8-9H2,1-2H3/b10-6+,12-7-. The highest BCUT2D eigenvalue weighted by Crippen LogP contribution is 2.08. The van der Waals surface area contributed by atoms with Crippen LogP contribution in [-0.2, 0) is 4.74 Å². The summed E-state index contributed by atoms with van der Waals surface area (Å²) in [5.74, 6) is 0. The quantitative estimate of drug-likeness (QED) is 0.609. The number of ether oxygens (including phenoxy) is 1. The van der Waals surface area contributed by atoms with Gasteiger partial charge in [-0.05, 0) is 37.8 Å². The Kier molecular flexibility index (Phi) is 4.76. The van der Waals surface area contributed by atoms with Crippen LogP contribution in [0.1, 0.15) is 33.1 Å². The van der Waals surface area contributed by atoms with Crippen LogP contribution in [0, 0.1) is 0 Å². The summed E-state index contributed by atoms with van der Waals surface area (Å²) in [5.41, 5.74) is 1.25. The molecule has 1 aliphatic rings. The van der Waals surface area contributed by atoms with E-state index in [4.69, 9.17) is 4.74 Å². The summed E-state index contributed by atoms with van der Waals surface area (Å²) in [5, 5.41) is 0. The molecule has 0 aromatic heterocycles. The average Bonchev–Trinajstić information content (AvgIpc) is 2.15. The predicted molar refractivity (Wildman–Crippen MR) is 56.4 cm³/mol. The number of hydrogen-bond acceptors (Lipinski definition) is 2. The third-order valence-electron chi connectivity index (χ3n) is 2.28. The summed E-state index contributed by atoms with van der Waals surface area (Å²) in [6, 6.07) is 0.491.